The van der Waals surface area contributed by atoms with Crippen molar-refractivity contribution < 1.29 is 0 Å². The Kier molecular flexibility index (Phi) is 4.92. The minimum Gasteiger partial charge on any atom is -0.269 e. The molecule has 4 aromatic heterocycles. The molecule has 1 fully saturated rings. The van der Waals surface area contributed by atoms with Crippen LogP contribution in [-0.4, -0.2) is 18.9 Å². The monoisotopic (exact) mass is 472 g/mol. The SMILES string of the molecule is Cc1ccn2c(=O)cc(CSc3nc4scc(C5CC5)c4c(=O)n3-c3ccccc3)nc2c1. The molecule has 0 spiro atoms. The maximum Gasteiger partial charge on any atom is 0.267 e. The molecule has 164 valence electrons. The van der Waals surface area contributed by atoms with E-state index in [0.29, 0.717) is 28.2 Å². The van der Waals surface area contributed by atoms with E-state index in [-0.39, 0.29) is 11.1 Å². The summed E-state index contributed by atoms with van der Waals surface area (Å²) in [6.07, 6.45) is 4.01. The molecule has 8 heteroatoms. The summed E-state index contributed by atoms with van der Waals surface area (Å²) in [6.45, 7) is 1.97. The van der Waals surface area contributed by atoms with Crippen molar-refractivity contribution in [2.45, 2.75) is 36.6 Å². The molecule has 0 atom stereocenters. The number of pyridine rings is 1. The van der Waals surface area contributed by atoms with E-state index in [1.807, 2.05) is 49.4 Å². The van der Waals surface area contributed by atoms with E-state index in [0.717, 1.165) is 39.9 Å². The molecular weight excluding hydrogens is 452 g/mol. The van der Waals surface area contributed by atoms with Crippen LogP contribution in [0.25, 0.3) is 21.6 Å². The molecule has 0 radical (unpaired) electrons. The first-order valence-corrected chi connectivity index (χ1v) is 12.7. The Labute approximate surface area is 197 Å². The largest absolute Gasteiger partial charge is 0.269 e. The number of aromatic nitrogens is 4. The second-order valence-corrected chi connectivity index (χ2v) is 10.1. The van der Waals surface area contributed by atoms with Gasteiger partial charge >= 0.3 is 0 Å². The molecule has 1 aliphatic carbocycles. The molecule has 1 saturated carbocycles. The molecule has 4 heterocycles. The van der Waals surface area contributed by atoms with Crippen molar-refractivity contribution in [3.8, 4) is 5.69 Å². The molecule has 0 bridgehead atoms. The average molecular weight is 473 g/mol. The Hall–Kier alpha value is -3.23. The number of thioether (sulfide) groups is 1. The smallest absolute Gasteiger partial charge is 0.267 e. The fourth-order valence-corrected chi connectivity index (χ4v) is 6.02. The van der Waals surface area contributed by atoms with Gasteiger partial charge in [-0.05, 0) is 66.5 Å². The van der Waals surface area contributed by atoms with Crippen LogP contribution in [0.2, 0.25) is 0 Å². The van der Waals surface area contributed by atoms with Crippen molar-refractivity contribution >= 4 is 39.0 Å². The average Bonchev–Trinajstić information content (AvgIpc) is 3.57. The minimum atomic E-state index is -0.119. The van der Waals surface area contributed by atoms with Gasteiger partial charge in [0.25, 0.3) is 11.1 Å². The zero-order valence-corrected chi connectivity index (χ0v) is 19.5. The van der Waals surface area contributed by atoms with Gasteiger partial charge in [0, 0.05) is 18.0 Å². The summed E-state index contributed by atoms with van der Waals surface area (Å²) in [5.41, 5.74) is 4.10. The summed E-state index contributed by atoms with van der Waals surface area (Å²) < 4.78 is 3.24. The van der Waals surface area contributed by atoms with Gasteiger partial charge in [0.15, 0.2) is 5.16 Å². The Morgan fingerprint density at radius 1 is 1.09 bits per heavy atom. The zero-order valence-electron chi connectivity index (χ0n) is 17.9. The fourth-order valence-electron chi connectivity index (χ4n) is 4.06. The summed E-state index contributed by atoms with van der Waals surface area (Å²) in [5, 5.41) is 3.44. The molecule has 5 aromatic rings. The standard InChI is InChI=1S/C25H20N4O2S2/c1-15-9-10-28-20(11-15)26-17(12-21(28)30)13-33-25-27-23-22(19(14-32-23)16-7-8-16)24(31)29(25)18-5-3-2-4-6-18/h2-6,9-12,14,16H,7-8,13H2,1H3. The van der Waals surface area contributed by atoms with E-state index in [2.05, 4.69) is 10.4 Å². The molecule has 0 unspecified atom stereocenters. The minimum absolute atomic E-state index is 0.0287. The first-order valence-electron chi connectivity index (χ1n) is 10.8. The van der Waals surface area contributed by atoms with Crippen LogP contribution in [0, 0.1) is 6.92 Å². The van der Waals surface area contributed by atoms with Crippen LogP contribution in [0.4, 0.5) is 0 Å². The highest BCUT2D eigenvalue weighted by atomic mass is 32.2. The van der Waals surface area contributed by atoms with Crippen molar-refractivity contribution in [1.29, 1.82) is 0 Å². The van der Waals surface area contributed by atoms with Crippen LogP contribution >= 0.6 is 23.1 Å². The van der Waals surface area contributed by atoms with E-state index in [1.165, 1.54) is 27.5 Å². The quantitative estimate of drug-likeness (QED) is 0.268. The lowest BCUT2D eigenvalue weighted by Gasteiger charge is -2.12. The van der Waals surface area contributed by atoms with Gasteiger partial charge in [-0.2, -0.15) is 0 Å². The summed E-state index contributed by atoms with van der Waals surface area (Å²) in [6, 6.07) is 15.0. The molecule has 0 saturated heterocycles. The third-order valence-corrected chi connectivity index (χ3v) is 7.72. The van der Waals surface area contributed by atoms with Crippen LogP contribution in [0.15, 0.2) is 74.9 Å². The predicted molar refractivity (Wildman–Crippen MR) is 133 cm³/mol. The van der Waals surface area contributed by atoms with Crippen molar-refractivity contribution in [2.75, 3.05) is 0 Å². The normalized spacial score (nSPS) is 13.7. The Morgan fingerprint density at radius 2 is 1.91 bits per heavy atom. The summed E-state index contributed by atoms with van der Waals surface area (Å²) >= 11 is 2.96. The number of benzene rings is 1. The van der Waals surface area contributed by atoms with Crippen molar-refractivity contribution in [3.63, 3.8) is 0 Å². The van der Waals surface area contributed by atoms with Crippen molar-refractivity contribution in [1.82, 2.24) is 18.9 Å². The summed E-state index contributed by atoms with van der Waals surface area (Å²) in [5.74, 6) is 0.917. The van der Waals surface area contributed by atoms with Crippen LogP contribution in [0.1, 0.15) is 35.6 Å². The molecule has 6 nitrogen and oxygen atoms in total. The molecule has 0 N–H and O–H groups in total. The number of thiophene rings is 1. The second kappa shape index (κ2) is 7.97. The van der Waals surface area contributed by atoms with Crippen molar-refractivity contribution in [3.05, 3.63) is 97.6 Å². The molecule has 33 heavy (non-hydrogen) atoms. The van der Waals surface area contributed by atoms with Crippen LogP contribution in [0.5, 0.6) is 0 Å². The Morgan fingerprint density at radius 3 is 2.70 bits per heavy atom. The van der Waals surface area contributed by atoms with Gasteiger partial charge in [0.2, 0.25) is 0 Å². The van der Waals surface area contributed by atoms with Gasteiger partial charge in [0.1, 0.15) is 10.5 Å². The molecule has 1 aliphatic rings. The first kappa shape index (κ1) is 20.4. The third-order valence-electron chi connectivity index (χ3n) is 5.86. The van der Waals surface area contributed by atoms with Gasteiger partial charge in [0.05, 0.1) is 16.8 Å². The summed E-state index contributed by atoms with van der Waals surface area (Å²) in [4.78, 5) is 36.6. The highest BCUT2D eigenvalue weighted by molar-refractivity contribution is 7.98. The topological polar surface area (TPSA) is 69.3 Å². The highest BCUT2D eigenvalue weighted by Gasteiger charge is 2.29. The van der Waals surface area contributed by atoms with Gasteiger partial charge in [-0.15, -0.1) is 11.3 Å². The van der Waals surface area contributed by atoms with Gasteiger partial charge in [-0.3, -0.25) is 18.6 Å². The second-order valence-electron chi connectivity index (χ2n) is 8.32. The van der Waals surface area contributed by atoms with E-state index in [9.17, 15) is 9.59 Å². The molecule has 6 rings (SSSR count). The van der Waals surface area contributed by atoms with Crippen molar-refractivity contribution in [2.24, 2.45) is 0 Å². The zero-order chi connectivity index (χ0) is 22.5. The Bertz CT molecular complexity index is 1630. The number of fused-ring (bicyclic) bond motifs is 2. The van der Waals surface area contributed by atoms with Crippen LogP contribution in [0.3, 0.4) is 0 Å². The van der Waals surface area contributed by atoms with Gasteiger partial charge in [-0.25, -0.2) is 9.97 Å². The molecule has 1 aromatic carbocycles. The van der Waals surface area contributed by atoms with E-state index >= 15 is 0 Å². The fraction of sp³-hybridized carbons (Fsp3) is 0.200. The molecule has 0 aliphatic heterocycles. The van der Waals surface area contributed by atoms with E-state index in [4.69, 9.17) is 4.98 Å². The number of rotatable bonds is 5. The number of aryl methyl sites for hydroxylation is 1. The van der Waals surface area contributed by atoms with E-state index in [1.54, 1.807) is 16.8 Å². The van der Waals surface area contributed by atoms with Gasteiger partial charge < -0.3 is 0 Å². The maximum absolute atomic E-state index is 13.7. The van der Waals surface area contributed by atoms with Crippen LogP contribution in [-0.2, 0) is 5.75 Å². The first-order chi connectivity index (χ1) is 16.1. The lowest BCUT2D eigenvalue weighted by molar-refractivity contribution is 0.820. The maximum atomic E-state index is 13.7. The van der Waals surface area contributed by atoms with E-state index < -0.39 is 0 Å². The number of hydrogen-bond donors (Lipinski definition) is 0. The third kappa shape index (κ3) is 3.69. The Balaban J connectivity index is 1.45. The number of para-hydroxylation sites is 1. The number of nitrogens with zero attached hydrogens (tertiary/aromatic N) is 4. The summed E-state index contributed by atoms with van der Waals surface area (Å²) in [7, 11) is 0. The lowest BCUT2D eigenvalue weighted by Crippen LogP contribution is -2.22. The predicted octanol–water partition coefficient (Wildman–Crippen LogP) is 4.93. The lowest BCUT2D eigenvalue weighted by atomic mass is 10.1. The highest BCUT2D eigenvalue weighted by Crippen LogP contribution is 2.44. The van der Waals surface area contributed by atoms with Crippen LogP contribution < -0.4 is 11.1 Å². The number of hydrogen-bond acceptors (Lipinski definition) is 6. The van der Waals surface area contributed by atoms with Gasteiger partial charge in [-0.1, -0.05) is 30.0 Å². The molecular formula is C25H20N4O2S2. The molecule has 0 amide bonds.